The van der Waals surface area contributed by atoms with Gasteiger partial charge in [0.05, 0.1) is 11.3 Å². The Morgan fingerprint density at radius 1 is 1.43 bits per heavy atom. The zero-order valence-electron chi connectivity index (χ0n) is 11.9. The lowest BCUT2D eigenvalue weighted by atomic mass is 9.76. The van der Waals surface area contributed by atoms with Crippen LogP contribution in [0.25, 0.3) is 11.0 Å². The molecule has 0 aliphatic heterocycles. The average molecular weight is 288 g/mol. The molecule has 0 saturated heterocycles. The largest absolute Gasteiger partial charge is 0.480 e. The van der Waals surface area contributed by atoms with Crippen LogP contribution < -0.4 is 5.32 Å². The molecule has 0 unspecified atom stereocenters. The highest BCUT2D eigenvalue weighted by molar-refractivity contribution is 6.00. The lowest BCUT2D eigenvalue weighted by Gasteiger charge is -2.38. The summed E-state index contributed by atoms with van der Waals surface area (Å²) in [6.07, 6.45) is 3.20. The van der Waals surface area contributed by atoms with Crippen molar-refractivity contribution in [1.82, 2.24) is 20.1 Å². The quantitative estimate of drug-likeness (QED) is 0.878. The molecule has 1 amide bonds. The van der Waals surface area contributed by atoms with Crippen molar-refractivity contribution >= 4 is 22.9 Å². The van der Waals surface area contributed by atoms with Gasteiger partial charge in [-0.3, -0.25) is 9.48 Å². The van der Waals surface area contributed by atoms with Gasteiger partial charge in [-0.2, -0.15) is 5.10 Å². The molecule has 2 heterocycles. The molecule has 2 N–H and O–H groups in total. The summed E-state index contributed by atoms with van der Waals surface area (Å²) >= 11 is 0. The molecule has 1 fully saturated rings. The van der Waals surface area contributed by atoms with Gasteiger partial charge in [0.2, 0.25) is 0 Å². The first-order chi connectivity index (χ1) is 9.93. The van der Waals surface area contributed by atoms with E-state index in [0.717, 1.165) is 17.5 Å². The monoisotopic (exact) mass is 288 g/mol. The van der Waals surface area contributed by atoms with Crippen molar-refractivity contribution in [2.75, 3.05) is 0 Å². The van der Waals surface area contributed by atoms with E-state index in [4.69, 9.17) is 0 Å². The number of rotatable bonds is 3. The molecule has 1 aliphatic carbocycles. The van der Waals surface area contributed by atoms with Crippen LogP contribution in [0.2, 0.25) is 0 Å². The fraction of sp³-hybridized carbons (Fsp3) is 0.429. The third-order valence-corrected chi connectivity index (χ3v) is 4.09. The SMILES string of the molecule is Cc1nn(C)c2ncc(C(=O)NC3(C(=O)O)CCC3)cc12. The number of hydrogen-bond donors (Lipinski definition) is 2. The molecule has 7 nitrogen and oxygen atoms in total. The van der Waals surface area contributed by atoms with Gasteiger partial charge in [0.1, 0.15) is 5.54 Å². The first-order valence-corrected chi connectivity index (χ1v) is 6.78. The van der Waals surface area contributed by atoms with Crippen LogP contribution in [-0.4, -0.2) is 37.3 Å². The van der Waals surface area contributed by atoms with Gasteiger partial charge in [0.15, 0.2) is 5.65 Å². The molecule has 110 valence electrons. The van der Waals surface area contributed by atoms with E-state index in [2.05, 4.69) is 15.4 Å². The fourth-order valence-corrected chi connectivity index (χ4v) is 2.64. The van der Waals surface area contributed by atoms with E-state index < -0.39 is 17.4 Å². The predicted octanol–water partition coefficient (Wildman–Crippen LogP) is 1.01. The number of carbonyl (C=O) groups excluding carboxylic acids is 1. The molecule has 21 heavy (non-hydrogen) atoms. The molecule has 0 spiro atoms. The van der Waals surface area contributed by atoms with Crippen molar-refractivity contribution in [3.63, 3.8) is 0 Å². The number of carboxylic acid groups (broad SMARTS) is 1. The molecule has 1 aliphatic rings. The molecular formula is C14H16N4O3. The third kappa shape index (κ3) is 2.05. The van der Waals surface area contributed by atoms with Crippen LogP contribution in [0, 0.1) is 6.92 Å². The van der Waals surface area contributed by atoms with E-state index in [1.807, 2.05) is 6.92 Å². The highest BCUT2D eigenvalue weighted by Crippen LogP contribution is 2.32. The summed E-state index contributed by atoms with van der Waals surface area (Å²) in [5.74, 6) is -1.39. The minimum Gasteiger partial charge on any atom is -0.480 e. The van der Waals surface area contributed by atoms with E-state index >= 15 is 0 Å². The number of nitrogens with one attached hydrogen (secondary N) is 1. The van der Waals surface area contributed by atoms with Gasteiger partial charge in [-0.05, 0) is 32.3 Å². The number of amides is 1. The predicted molar refractivity (Wildman–Crippen MR) is 74.9 cm³/mol. The van der Waals surface area contributed by atoms with Crippen LogP contribution in [0.1, 0.15) is 35.3 Å². The Balaban J connectivity index is 1.91. The molecule has 3 rings (SSSR count). The average Bonchev–Trinajstić information content (AvgIpc) is 2.68. The van der Waals surface area contributed by atoms with E-state index in [9.17, 15) is 14.7 Å². The molecule has 0 radical (unpaired) electrons. The summed E-state index contributed by atoms with van der Waals surface area (Å²) in [5.41, 5.74) is 0.716. The van der Waals surface area contributed by atoms with Crippen LogP contribution in [0.4, 0.5) is 0 Å². The number of fused-ring (bicyclic) bond motifs is 1. The Bertz CT molecular complexity index is 746. The summed E-state index contributed by atoms with van der Waals surface area (Å²) in [6.45, 7) is 1.84. The standard InChI is InChI=1S/C14H16N4O3/c1-8-10-6-9(7-15-11(10)18(2)17-8)12(19)16-14(13(20)21)4-3-5-14/h6-7H,3-5H2,1-2H3,(H,16,19)(H,20,21). The number of nitrogens with zero attached hydrogens (tertiary/aromatic N) is 3. The molecule has 2 aromatic heterocycles. The van der Waals surface area contributed by atoms with Gasteiger partial charge < -0.3 is 10.4 Å². The molecule has 2 aromatic rings. The molecule has 0 aromatic carbocycles. The Kier molecular flexibility index (Phi) is 2.93. The van der Waals surface area contributed by atoms with Crippen LogP contribution in [0.3, 0.4) is 0 Å². The number of aryl methyl sites for hydroxylation is 2. The molecule has 1 saturated carbocycles. The number of pyridine rings is 1. The van der Waals surface area contributed by atoms with Crippen molar-refractivity contribution in [1.29, 1.82) is 0 Å². The fourth-order valence-electron chi connectivity index (χ4n) is 2.64. The summed E-state index contributed by atoms with van der Waals surface area (Å²) in [5, 5.41) is 16.9. The molecule has 0 atom stereocenters. The zero-order chi connectivity index (χ0) is 15.2. The molecule has 7 heteroatoms. The summed E-state index contributed by atoms with van der Waals surface area (Å²) in [6, 6.07) is 1.70. The maximum absolute atomic E-state index is 12.3. The smallest absolute Gasteiger partial charge is 0.329 e. The Hall–Kier alpha value is -2.44. The van der Waals surface area contributed by atoms with Gasteiger partial charge in [-0.1, -0.05) is 0 Å². The van der Waals surface area contributed by atoms with Crippen molar-refractivity contribution in [2.24, 2.45) is 7.05 Å². The molecular weight excluding hydrogens is 272 g/mol. The van der Waals surface area contributed by atoms with Crippen LogP contribution in [0.5, 0.6) is 0 Å². The first-order valence-electron chi connectivity index (χ1n) is 6.78. The number of carboxylic acids is 1. The second-order valence-corrected chi connectivity index (χ2v) is 5.50. The van der Waals surface area contributed by atoms with Crippen molar-refractivity contribution < 1.29 is 14.7 Å². The zero-order valence-corrected chi connectivity index (χ0v) is 11.9. The third-order valence-electron chi connectivity index (χ3n) is 4.09. The number of aliphatic carboxylic acids is 1. The van der Waals surface area contributed by atoms with Gasteiger partial charge in [0, 0.05) is 18.6 Å². The van der Waals surface area contributed by atoms with Crippen molar-refractivity contribution in [2.45, 2.75) is 31.7 Å². The van der Waals surface area contributed by atoms with E-state index in [1.54, 1.807) is 17.8 Å². The Labute approximate surface area is 121 Å². The molecule has 0 bridgehead atoms. The topological polar surface area (TPSA) is 97.1 Å². The van der Waals surface area contributed by atoms with Crippen LogP contribution >= 0.6 is 0 Å². The number of carbonyl (C=O) groups is 2. The number of hydrogen-bond acceptors (Lipinski definition) is 4. The van der Waals surface area contributed by atoms with Gasteiger partial charge >= 0.3 is 5.97 Å². The summed E-state index contributed by atoms with van der Waals surface area (Å²) in [7, 11) is 1.79. The second-order valence-electron chi connectivity index (χ2n) is 5.50. The minimum absolute atomic E-state index is 0.353. The summed E-state index contributed by atoms with van der Waals surface area (Å²) < 4.78 is 1.65. The van der Waals surface area contributed by atoms with E-state index in [1.165, 1.54) is 6.20 Å². The second kappa shape index (κ2) is 4.54. The maximum Gasteiger partial charge on any atom is 0.329 e. The minimum atomic E-state index is -1.12. The first kappa shape index (κ1) is 13.5. The maximum atomic E-state index is 12.3. The van der Waals surface area contributed by atoms with E-state index in [0.29, 0.717) is 24.1 Å². The van der Waals surface area contributed by atoms with Crippen molar-refractivity contribution in [3.05, 3.63) is 23.5 Å². The van der Waals surface area contributed by atoms with E-state index in [-0.39, 0.29) is 0 Å². The Morgan fingerprint density at radius 2 is 2.14 bits per heavy atom. The van der Waals surface area contributed by atoms with Crippen LogP contribution in [0.15, 0.2) is 12.3 Å². The number of aromatic nitrogens is 3. The van der Waals surface area contributed by atoms with Gasteiger partial charge in [-0.15, -0.1) is 0 Å². The van der Waals surface area contributed by atoms with Crippen LogP contribution in [-0.2, 0) is 11.8 Å². The highest BCUT2D eigenvalue weighted by atomic mass is 16.4. The lowest BCUT2D eigenvalue weighted by molar-refractivity contribution is -0.148. The van der Waals surface area contributed by atoms with Crippen molar-refractivity contribution in [3.8, 4) is 0 Å². The Morgan fingerprint density at radius 3 is 2.71 bits per heavy atom. The summed E-state index contributed by atoms with van der Waals surface area (Å²) in [4.78, 5) is 27.8. The lowest BCUT2D eigenvalue weighted by Crippen LogP contribution is -2.59. The normalized spacial score (nSPS) is 16.5. The highest BCUT2D eigenvalue weighted by Gasteiger charge is 2.45. The van der Waals surface area contributed by atoms with Gasteiger partial charge in [-0.25, -0.2) is 9.78 Å². The van der Waals surface area contributed by atoms with Gasteiger partial charge in [0.25, 0.3) is 5.91 Å².